The number of likely N-dealkylation sites (tertiary alicyclic amines) is 1. The van der Waals surface area contributed by atoms with Crippen molar-refractivity contribution in [2.24, 2.45) is 0 Å². The molecule has 0 radical (unpaired) electrons. The normalized spacial score (nSPS) is 22.8. The van der Waals surface area contributed by atoms with Crippen molar-refractivity contribution in [1.29, 1.82) is 0 Å². The van der Waals surface area contributed by atoms with Gasteiger partial charge in [-0.15, -0.1) is 0 Å². The molecule has 1 amide bonds. The maximum atomic E-state index is 13.0. The van der Waals surface area contributed by atoms with Gasteiger partial charge in [0, 0.05) is 17.5 Å². The number of amides is 1. The molecular formula is C20H32N4O3. The van der Waals surface area contributed by atoms with Crippen molar-refractivity contribution in [2.75, 3.05) is 13.1 Å². The topological polar surface area (TPSA) is 88.3 Å². The van der Waals surface area contributed by atoms with E-state index in [0.717, 1.165) is 32.1 Å². The molecule has 1 aromatic heterocycles. The largest absolute Gasteiger partial charge is 0.338 e. The van der Waals surface area contributed by atoms with Gasteiger partial charge in [0.05, 0.1) is 12.6 Å². The van der Waals surface area contributed by atoms with E-state index < -0.39 is 6.04 Å². The number of Topliss-reactive ketones (excluding diaryl/α,β-unsaturated/α-hetero) is 1. The van der Waals surface area contributed by atoms with Crippen LogP contribution in [0.25, 0.3) is 0 Å². The molecule has 2 heterocycles. The number of nitrogens with zero attached hydrogens (tertiary/aromatic N) is 3. The number of ketones is 1. The zero-order valence-corrected chi connectivity index (χ0v) is 17.0. The summed E-state index contributed by atoms with van der Waals surface area (Å²) in [5, 5.41) is 7.17. The molecule has 1 saturated heterocycles. The van der Waals surface area contributed by atoms with Crippen LogP contribution < -0.4 is 5.32 Å². The first-order chi connectivity index (χ1) is 12.7. The van der Waals surface area contributed by atoms with Crippen LogP contribution in [0.1, 0.15) is 89.2 Å². The summed E-state index contributed by atoms with van der Waals surface area (Å²) < 4.78 is 5.48. The van der Waals surface area contributed by atoms with Crippen molar-refractivity contribution in [3.8, 4) is 0 Å². The van der Waals surface area contributed by atoms with Gasteiger partial charge in [-0.25, -0.2) is 0 Å². The van der Waals surface area contributed by atoms with Crippen molar-refractivity contribution >= 4 is 11.7 Å². The predicted octanol–water partition coefficient (Wildman–Crippen LogP) is 2.85. The minimum Gasteiger partial charge on any atom is -0.338 e. The van der Waals surface area contributed by atoms with Crippen molar-refractivity contribution in [1.82, 2.24) is 20.4 Å². The van der Waals surface area contributed by atoms with Gasteiger partial charge in [-0.3, -0.25) is 9.59 Å². The first-order valence-electron chi connectivity index (χ1n) is 10.1. The van der Waals surface area contributed by atoms with Crippen molar-refractivity contribution in [3.05, 3.63) is 11.7 Å². The highest BCUT2D eigenvalue weighted by atomic mass is 16.5. The number of aromatic nitrogens is 2. The first kappa shape index (κ1) is 20.0. The van der Waals surface area contributed by atoms with E-state index >= 15 is 0 Å². The summed E-state index contributed by atoms with van der Waals surface area (Å²) in [7, 11) is 0. The third-order valence-corrected chi connectivity index (χ3v) is 5.77. The molecule has 2 fully saturated rings. The standard InChI is InChI=1S/C20H32N4O3/c1-19(2,3)21-13-15(25)24-12-8-9-14(24)16(26)17-22-18(27-23-17)20(4)10-6-5-7-11-20/h14,21H,5-13H2,1-4H3/t14-/m0/s1. The zero-order chi connectivity index (χ0) is 19.7. The Balaban J connectivity index is 1.68. The average Bonchev–Trinajstić information content (AvgIpc) is 3.29. The van der Waals surface area contributed by atoms with Gasteiger partial charge in [0.2, 0.25) is 23.4 Å². The molecule has 1 aliphatic carbocycles. The molecule has 3 rings (SSSR count). The summed E-state index contributed by atoms with van der Waals surface area (Å²) in [6.07, 6.45) is 7.02. The Morgan fingerprint density at radius 3 is 2.59 bits per heavy atom. The zero-order valence-electron chi connectivity index (χ0n) is 17.0. The van der Waals surface area contributed by atoms with E-state index in [-0.39, 0.29) is 35.0 Å². The molecule has 0 aromatic carbocycles. The maximum absolute atomic E-state index is 13.0. The molecule has 27 heavy (non-hydrogen) atoms. The monoisotopic (exact) mass is 376 g/mol. The van der Waals surface area contributed by atoms with Gasteiger partial charge in [-0.1, -0.05) is 31.3 Å². The van der Waals surface area contributed by atoms with Crippen LogP contribution in [-0.2, 0) is 10.2 Å². The van der Waals surface area contributed by atoms with Crippen LogP contribution in [0, 0.1) is 0 Å². The van der Waals surface area contributed by atoms with Gasteiger partial charge in [0.1, 0.15) is 0 Å². The van der Waals surface area contributed by atoms with Crippen LogP contribution in [0.4, 0.5) is 0 Å². The fourth-order valence-corrected chi connectivity index (χ4v) is 4.04. The predicted molar refractivity (Wildman–Crippen MR) is 102 cm³/mol. The van der Waals surface area contributed by atoms with E-state index in [1.54, 1.807) is 4.90 Å². The third-order valence-electron chi connectivity index (χ3n) is 5.77. The molecule has 1 aromatic rings. The second-order valence-electron chi connectivity index (χ2n) is 9.26. The van der Waals surface area contributed by atoms with Crippen LogP contribution in [-0.4, -0.2) is 51.4 Å². The Kier molecular flexibility index (Phi) is 5.70. The van der Waals surface area contributed by atoms with Crippen LogP contribution in [0.15, 0.2) is 4.52 Å². The van der Waals surface area contributed by atoms with E-state index in [0.29, 0.717) is 18.9 Å². The summed E-state index contributed by atoms with van der Waals surface area (Å²) >= 11 is 0. The third kappa shape index (κ3) is 4.57. The Labute approximate surface area is 161 Å². The molecule has 0 spiro atoms. The molecule has 1 saturated carbocycles. The number of carbonyl (C=O) groups excluding carboxylic acids is 2. The van der Waals surface area contributed by atoms with Gasteiger partial charge in [-0.2, -0.15) is 4.98 Å². The van der Waals surface area contributed by atoms with Gasteiger partial charge in [0.25, 0.3) is 0 Å². The number of rotatable bonds is 5. The Hall–Kier alpha value is -1.76. The van der Waals surface area contributed by atoms with E-state index in [1.165, 1.54) is 6.42 Å². The minimum absolute atomic E-state index is 0.0521. The van der Waals surface area contributed by atoms with E-state index in [1.807, 2.05) is 20.8 Å². The lowest BCUT2D eigenvalue weighted by molar-refractivity contribution is -0.130. The fourth-order valence-electron chi connectivity index (χ4n) is 4.04. The number of carbonyl (C=O) groups is 2. The van der Waals surface area contributed by atoms with E-state index in [9.17, 15) is 9.59 Å². The Morgan fingerprint density at radius 2 is 1.93 bits per heavy atom. The van der Waals surface area contributed by atoms with Gasteiger partial charge in [0.15, 0.2) is 0 Å². The van der Waals surface area contributed by atoms with Crippen LogP contribution >= 0.6 is 0 Å². The summed E-state index contributed by atoms with van der Waals surface area (Å²) in [5.74, 6) is 0.427. The summed E-state index contributed by atoms with van der Waals surface area (Å²) in [4.78, 5) is 31.7. The van der Waals surface area contributed by atoms with Crippen molar-refractivity contribution in [3.63, 3.8) is 0 Å². The summed E-state index contributed by atoms with van der Waals surface area (Å²) in [5.41, 5.74) is -0.279. The molecule has 7 heteroatoms. The quantitative estimate of drug-likeness (QED) is 0.795. The van der Waals surface area contributed by atoms with Crippen molar-refractivity contribution < 1.29 is 14.1 Å². The summed E-state index contributed by atoms with van der Waals surface area (Å²) in [6.45, 7) is 9.00. The number of hydrogen-bond acceptors (Lipinski definition) is 6. The van der Waals surface area contributed by atoms with Gasteiger partial charge < -0.3 is 14.7 Å². The van der Waals surface area contributed by atoms with E-state index in [4.69, 9.17) is 4.52 Å². The van der Waals surface area contributed by atoms with Crippen LogP contribution in [0.5, 0.6) is 0 Å². The molecule has 0 bridgehead atoms. The second-order valence-corrected chi connectivity index (χ2v) is 9.26. The molecule has 1 atom stereocenters. The minimum atomic E-state index is -0.483. The molecule has 2 aliphatic rings. The number of hydrogen-bond donors (Lipinski definition) is 1. The fraction of sp³-hybridized carbons (Fsp3) is 0.800. The Bertz CT molecular complexity index is 686. The first-order valence-corrected chi connectivity index (χ1v) is 10.1. The number of nitrogens with one attached hydrogen (secondary N) is 1. The highest BCUT2D eigenvalue weighted by Crippen LogP contribution is 2.38. The molecule has 1 N–H and O–H groups in total. The Morgan fingerprint density at radius 1 is 1.22 bits per heavy atom. The van der Waals surface area contributed by atoms with Crippen molar-refractivity contribution in [2.45, 2.75) is 89.6 Å². The maximum Gasteiger partial charge on any atom is 0.240 e. The molecule has 1 aliphatic heterocycles. The lowest BCUT2D eigenvalue weighted by Gasteiger charge is -2.29. The summed E-state index contributed by atoms with van der Waals surface area (Å²) in [6, 6.07) is -0.483. The molecule has 0 unspecified atom stereocenters. The smallest absolute Gasteiger partial charge is 0.240 e. The SMILES string of the molecule is CC(C)(C)NCC(=O)N1CCC[C@H]1C(=O)c1noc(C2(C)CCCCC2)n1. The van der Waals surface area contributed by atoms with Gasteiger partial charge >= 0.3 is 0 Å². The van der Waals surface area contributed by atoms with Crippen LogP contribution in [0.3, 0.4) is 0 Å². The molecule has 7 nitrogen and oxygen atoms in total. The molecular weight excluding hydrogens is 344 g/mol. The average molecular weight is 377 g/mol. The highest BCUT2D eigenvalue weighted by molar-refractivity contribution is 5.99. The van der Waals surface area contributed by atoms with Gasteiger partial charge in [-0.05, 0) is 46.5 Å². The van der Waals surface area contributed by atoms with Crippen LogP contribution in [0.2, 0.25) is 0 Å². The second kappa shape index (κ2) is 7.70. The van der Waals surface area contributed by atoms with E-state index in [2.05, 4.69) is 22.4 Å². The molecule has 150 valence electrons. The lowest BCUT2D eigenvalue weighted by atomic mass is 9.75. The highest BCUT2D eigenvalue weighted by Gasteiger charge is 2.39. The lowest BCUT2D eigenvalue weighted by Crippen LogP contribution is -2.48.